The summed E-state index contributed by atoms with van der Waals surface area (Å²) in [5.74, 6) is -2.07. The number of hydrogen-bond acceptors (Lipinski definition) is 4. The topological polar surface area (TPSA) is 67.4 Å². The molecule has 1 heterocycles. The third-order valence-corrected chi connectivity index (χ3v) is 4.47. The van der Waals surface area contributed by atoms with E-state index in [2.05, 4.69) is 15.4 Å². The maximum atomic E-state index is 14.0. The molecule has 5 nitrogen and oxygen atoms in total. The molecule has 3 rings (SSSR count). The lowest BCUT2D eigenvalue weighted by atomic mass is 10.1. The van der Waals surface area contributed by atoms with Gasteiger partial charge in [-0.2, -0.15) is 20.1 Å². The molecule has 0 fully saturated rings. The molecule has 0 bridgehead atoms. The number of amides is 2. The number of anilines is 2. The number of ether oxygens (including phenoxy) is 1. The molecule has 29 heavy (non-hydrogen) atoms. The Hall–Kier alpha value is -3.33. The predicted octanol–water partition coefficient (Wildman–Crippen LogP) is 4.92. The summed E-state index contributed by atoms with van der Waals surface area (Å²) < 4.78 is 43.3. The molecule has 0 unspecified atom stereocenters. The van der Waals surface area contributed by atoms with Gasteiger partial charge in [0, 0.05) is 11.3 Å². The number of thiophene rings is 1. The summed E-state index contributed by atoms with van der Waals surface area (Å²) in [5.41, 5.74) is 0.831. The van der Waals surface area contributed by atoms with Crippen molar-refractivity contribution in [3.8, 4) is 5.75 Å². The number of nitrogens with one attached hydrogen (secondary N) is 2. The highest BCUT2D eigenvalue weighted by molar-refractivity contribution is 7.08. The molecule has 0 radical (unpaired) electrons. The lowest BCUT2D eigenvalue weighted by Gasteiger charge is -2.12. The molecule has 0 spiro atoms. The van der Waals surface area contributed by atoms with Crippen molar-refractivity contribution in [1.82, 2.24) is 0 Å². The quantitative estimate of drug-likeness (QED) is 0.570. The second-order valence-corrected chi connectivity index (χ2v) is 6.69. The van der Waals surface area contributed by atoms with Gasteiger partial charge in [0.1, 0.15) is 11.6 Å². The van der Waals surface area contributed by atoms with Crippen LogP contribution in [0.15, 0.2) is 59.3 Å². The minimum absolute atomic E-state index is 0.00473. The fourth-order valence-corrected chi connectivity index (χ4v) is 3.21. The van der Waals surface area contributed by atoms with E-state index in [9.17, 15) is 22.8 Å². The van der Waals surface area contributed by atoms with Crippen molar-refractivity contribution >= 4 is 34.5 Å². The zero-order valence-electron chi connectivity index (χ0n) is 14.8. The van der Waals surface area contributed by atoms with Gasteiger partial charge in [-0.25, -0.2) is 4.39 Å². The van der Waals surface area contributed by atoms with Crippen LogP contribution in [0.1, 0.15) is 15.9 Å². The van der Waals surface area contributed by atoms with E-state index in [-0.39, 0.29) is 35.0 Å². The van der Waals surface area contributed by atoms with Crippen LogP contribution in [0.5, 0.6) is 5.75 Å². The van der Waals surface area contributed by atoms with Crippen LogP contribution in [0.4, 0.5) is 24.5 Å². The minimum Gasteiger partial charge on any atom is -0.433 e. The number of para-hydroxylation sites is 2. The van der Waals surface area contributed by atoms with E-state index in [1.54, 1.807) is 6.07 Å². The molecule has 3 aromatic rings. The Morgan fingerprint density at radius 2 is 1.86 bits per heavy atom. The molecule has 2 aromatic carbocycles. The molecule has 1 aromatic heterocycles. The molecule has 150 valence electrons. The van der Waals surface area contributed by atoms with Gasteiger partial charge >= 0.3 is 6.61 Å². The van der Waals surface area contributed by atoms with Gasteiger partial charge in [-0.15, -0.1) is 0 Å². The predicted molar refractivity (Wildman–Crippen MR) is 104 cm³/mol. The van der Waals surface area contributed by atoms with E-state index >= 15 is 0 Å². The van der Waals surface area contributed by atoms with Gasteiger partial charge in [0.15, 0.2) is 0 Å². The molecule has 2 amide bonds. The smallest absolute Gasteiger partial charge is 0.387 e. The first-order valence-electron chi connectivity index (χ1n) is 8.37. The summed E-state index contributed by atoms with van der Waals surface area (Å²) >= 11 is 1.45. The van der Waals surface area contributed by atoms with Gasteiger partial charge < -0.3 is 15.4 Å². The van der Waals surface area contributed by atoms with Crippen molar-refractivity contribution in [2.75, 3.05) is 10.6 Å². The summed E-state index contributed by atoms with van der Waals surface area (Å²) in [4.78, 5) is 24.6. The highest BCUT2D eigenvalue weighted by atomic mass is 32.1. The average Bonchev–Trinajstić information content (AvgIpc) is 3.15. The molecule has 9 heteroatoms. The van der Waals surface area contributed by atoms with Crippen LogP contribution in [0.2, 0.25) is 0 Å². The lowest BCUT2D eigenvalue weighted by molar-refractivity contribution is -0.115. The van der Waals surface area contributed by atoms with Gasteiger partial charge in [0.2, 0.25) is 5.91 Å². The van der Waals surface area contributed by atoms with Crippen LogP contribution < -0.4 is 15.4 Å². The van der Waals surface area contributed by atoms with Gasteiger partial charge in [0.25, 0.3) is 5.91 Å². The van der Waals surface area contributed by atoms with Gasteiger partial charge in [-0.1, -0.05) is 12.1 Å². The average molecular weight is 420 g/mol. The van der Waals surface area contributed by atoms with Crippen LogP contribution in [0, 0.1) is 5.82 Å². The minimum atomic E-state index is -3.06. The second-order valence-electron chi connectivity index (χ2n) is 5.91. The molecule has 0 saturated heterocycles. The highest BCUT2D eigenvalue weighted by Gasteiger charge is 2.15. The first kappa shape index (κ1) is 20.4. The summed E-state index contributed by atoms with van der Waals surface area (Å²) in [6.07, 6.45) is 0.111. The third kappa shape index (κ3) is 5.82. The standard InChI is InChI=1S/C20H15F3N2O3S/c21-14-8-13(9-15(10-14)24-18(26)7-12-5-6-29-11-12)19(27)25-16-3-1-2-4-17(16)28-20(22)23/h1-6,8-11,20H,7H2,(H,24,26)(H,25,27). The van der Waals surface area contributed by atoms with Crippen LogP contribution >= 0.6 is 11.3 Å². The van der Waals surface area contributed by atoms with Crippen molar-refractivity contribution in [2.24, 2.45) is 0 Å². The van der Waals surface area contributed by atoms with E-state index in [1.165, 1.54) is 41.7 Å². The second kappa shape index (κ2) is 9.24. The molecule has 2 N–H and O–H groups in total. The highest BCUT2D eigenvalue weighted by Crippen LogP contribution is 2.26. The number of hydrogen-bond donors (Lipinski definition) is 2. The Bertz CT molecular complexity index is 1010. The van der Waals surface area contributed by atoms with E-state index < -0.39 is 18.3 Å². The van der Waals surface area contributed by atoms with Crippen LogP contribution in [0.3, 0.4) is 0 Å². The van der Waals surface area contributed by atoms with Crippen molar-refractivity contribution in [1.29, 1.82) is 0 Å². The lowest BCUT2D eigenvalue weighted by Crippen LogP contribution is -2.17. The molecule has 0 saturated carbocycles. The SMILES string of the molecule is O=C(Cc1ccsc1)Nc1cc(F)cc(C(=O)Nc2ccccc2OC(F)F)c1. The zero-order chi connectivity index (χ0) is 20.8. The fraction of sp³-hybridized carbons (Fsp3) is 0.100. The molecular formula is C20H15F3N2O3S. The monoisotopic (exact) mass is 420 g/mol. The van der Waals surface area contributed by atoms with Crippen molar-refractivity contribution < 1.29 is 27.5 Å². The number of carbonyl (C=O) groups excluding carboxylic acids is 2. The largest absolute Gasteiger partial charge is 0.433 e. The Balaban J connectivity index is 1.74. The summed E-state index contributed by atoms with van der Waals surface area (Å²) in [6.45, 7) is -3.06. The van der Waals surface area contributed by atoms with Gasteiger partial charge in [-0.05, 0) is 52.7 Å². The number of halogens is 3. The first-order valence-corrected chi connectivity index (χ1v) is 9.31. The van der Waals surface area contributed by atoms with Gasteiger partial charge in [-0.3, -0.25) is 9.59 Å². The summed E-state index contributed by atoms with van der Waals surface area (Å²) in [5, 5.41) is 8.60. The Labute approximate surface area is 168 Å². The molecule has 0 aliphatic carbocycles. The molecule has 0 aliphatic rings. The molecular weight excluding hydrogens is 405 g/mol. The van der Waals surface area contributed by atoms with E-state index in [0.717, 1.165) is 17.7 Å². The van der Waals surface area contributed by atoms with Crippen LogP contribution in [0.25, 0.3) is 0 Å². The number of carbonyl (C=O) groups is 2. The first-order chi connectivity index (χ1) is 13.9. The Morgan fingerprint density at radius 3 is 2.59 bits per heavy atom. The van der Waals surface area contributed by atoms with Crippen molar-refractivity contribution in [3.63, 3.8) is 0 Å². The van der Waals surface area contributed by atoms with Crippen molar-refractivity contribution in [3.05, 3.63) is 76.2 Å². The number of rotatable bonds is 7. The third-order valence-electron chi connectivity index (χ3n) is 3.74. The zero-order valence-corrected chi connectivity index (χ0v) is 15.6. The van der Waals surface area contributed by atoms with Gasteiger partial charge in [0.05, 0.1) is 12.1 Å². The van der Waals surface area contributed by atoms with E-state index in [0.29, 0.717) is 0 Å². The number of benzene rings is 2. The Kier molecular flexibility index (Phi) is 6.50. The van der Waals surface area contributed by atoms with Crippen LogP contribution in [-0.2, 0) is 11.2 Å². The molecule has 0 aliphatic heterocycles. The summed E-state index contributed by atoms with van der Waals surface area (Å²) in [7, 11) is 0. The Morgan fingerprint density at radius 1 is 1.07 bits per heavy atom. The maximum absolute atomic E-state index is 14.0. The van der Waals surface area contributed by atoms with Crippen molar-refractivity contribution in [2.45, 2.75) is 13.0 Å². The number of alkyl halides is 2. The fourth-order valence-electron chi connectivity index (χ4n) is 2.54. The van der Waals surface area contributed by atoms with Crippen LogP contribution in [-0.4, -0.2) is 18.4 Å². The summed E-state index contributed by atoms with van der Waals surface area (Å²) in [6, 6.07) is 10.8. The van der Waals surface area contributed by atoms with E-state index in [4.69, 9.17) is 0 Å². The maximum Gasteiger partial charge on any atom is 0.387 e. The van der Waals surface area contributed by atoms with E-state index in [1.807, 2.05) is 10.8 Å². The normalized spacial score (nSPS) is 10.6. The molecule has 0 atom stereocenters.